The molecule has 0 radical (unpaired) electrons. The molecule has 0 saturated carbocycles. The first-order valence-corrected chi connectivity index (χ1v) is 8.88. The van der Waals surface area contributed by atoms with Crippen molar-refractivity contribution in [2.24, 2.45) is 0 Å². The Morgan fingerprint density at radius 2 is 1.96 bits per heavy atom. The molecule has 0 aliphatic carbocycles. The van der Waals surface area contributed by atoms with Crippen molar-refractivity contribution in [2.75, 3.05) is 19.7 Å². The molecule has 0 spiro atoms. The van der Waals surface area contributed by atoms with Crippen LogP contribution in [0, 0.1) is 13.8 Å². The third-order valence-corrected chi connectivity index (χ3v) is 5.90. The fourth-order valence-electron chi connectivity index (χ4n) is 2.58. The van der Waals surface area contributed by atoms with E-state index >= 15 is 0 Å². The van der Waals surface area contributed by atoms with Crippen LogP contribution in [-0.4, -0.2) is 42.4 Å². The lowest BCUT2D eigenvalue weighted by Gasteiger charge is -2.32. The highest BCUT2D eigenvalue weighted by molar-refractivity contribution is 7.89. The monoisotopic (exact) mass is 333 g/mol. The van der Waals surface area contributed by atoms with E-state index in [1.54, 1.807) is 37.5 Å². The highest BCUT2D eigenvalue weighted by atomic mass is 32.2. The van der Waals surface area contributed by atoms with Crippen LogP contribution in [0.25, 0.3) is 0 Å². The topological polar surface area (TPSA) is 72.4 Å². The highest BCUT2D eigenvalue weighted by Gasteiger charge is 2.32. The third kappa shape index (κ3) is 3.26. The molecule has 0 amide bonds. The minimum absolute atomic E-state index is 0.244. The van der Waals surface area contributed by atoms with Gasteiger partial charge in [0.15, 0.2) is 0 Å². The number of morpholine rings is 1. The van der Waals surface area contributed by atoms with Crippen LogP contribution in [0.4, 0.5) is 0 Å². The maximum atomic E-state index is 12.9. The van der Waals surface area contributed by atoms with Gasteiger partial charge in [-0.25, -0.2) is 8.42 Å². The quantitative estimate of drug-likeness (QED) is 0.857. The van der Waals surface area contributed by atoms with Gasteiger partial charge in [0.25, 0.3) is 0 Å². The summed E-state index contributed by atoms with van der Waals surface area (Å²) in [6.45, 7) is 4.58. The van der Waals surface area contributed by atoms with Crippen LogP contribution in [0.2, 0.25) is 0 Å². The van der Waals surface area contributed by atoms with Crippen molar-refractivity contribution in [1.82, 2.24) is 14.3 Å². The Bertz CT molecular complexity index is 790. The average molecular weight is 333 g/mol. The molecule has 1 saturated heterocycles. The SMILES string of the molecule is Cc1cnc([C@@H]2CN(S(=O)(=O)c3ccccc3C)CCO2)cn1. The first kappa shape index (κ1) is 16.0. The molecule has 1 fully saturated rings. The predicted molar refractivity (Wildman–Crippen MR) is 85.4 cm³/mol. The molecule has 1 aliphatic rings. The smallest absolute Gasteiger partial charge is 0.243 e. The summed E-state index contributed by atoms with van der Waals surface area (Å²) in [6.07, 6.45) is 2.91. The Balaban J connectivity index is 1.86. The summed E-state index contributed by atoms with van der Waals surface area (Å²) in [5.74, 6) is 0. The van der Waals surface area contributed by atoms with Gasteiger partial charge in [-0.15, -0.1) is 0 Å². The van der Waals surface area contributed by atoms with Gasteiger partial charge < -0.3 is 4.74 Å². The number of ether oxygens (including phenoxy) is 1. The van der Waals surface area contributed by atoms with E-state index in [2.05, 4.69) is 9.97 Å². The van der Waals surface area contributed by atoms with Gasteiger partial charge in [0, 0.05) is 19.3 Å². The lowest BCUT2D eigenvalue weighted by atomic mass is 10.2. The van der Waals surface area contributed by atoms with E-state index < -0.39 is 16.1 Å². The van der Waals surface area contributed by atoms with E-state index in [4.69, 9.17) is 4.74 Å². The molecule has 6 nitrogen and oxygen atoms in total. The van der Waals surface area contributed by atoms with E-state index in [0.29, 0.717) is 23.7 Å². The van der Waals surface area contributed by atoms with Crippen LogP contribution in [0.5, 0.6) is 0 Å². The first-order valence-electron chi connectivity index (χ1n) is 7.44. The summed E-state index contributed by atoms with van der Waals surface area (Å²) in [5, 5.41) is 0. The molecule has 0 N–H and O–H groups in total. The van der Waals surface area contributed by atoms with Crippen LogP contribution in [0.1, 0.15) is 23.1 Å². The standard InChI is InChI=1S/C16H19N3O3S/c1-12-5-3-4-6-16(12)23(20,21)19-7-8-22-15(11-19)14-10-17-13(2)9-18-14/h3-6,9-10,15H,7-8,11H2,1-2H3/t15-/m0/s1. The second-order valence-corrected chi connectivity index (χ2v) is 7.48. The Hall–Kier alpha value is -1.83. The number of aromatic nitrogens is 2. The minimum atomic E-state index is -3.54. The summed E-state index contributed by atoms with van der Waals surface area (Å²) in [4.78, 5) is 8.85. The lowest BCUT2D eigenvalue weighted by molar-refractivity contribution is -0.00517. The highest BCUT2D eigenvalue weighted by Crippen LogP contribution is 2.26. The molecular weight excluding hydrogens is 314 g/mol. The van der Waals surface area contributed by atoms with Crippen molar-refractivity contribution < 1.29 is 13.2 Å². The number of hydrogen-bond acceptors (Lipinski definition) is 5. The zero-order valence-corrected chi connectivity index (χ0v) is 14.0. The van der Waals surface area contributed by atoms with Crippen LogP contribution in [0.15, 0.2) is 41.6 Å². The Kier molecular flexibility index (Phi) is 4.43. The normalized spacial score (nSPS) is 19.7. The summed E-state index contributed by atoms with van der Waals surface area (Å²) >= 11 is 0. The molecule has 1 aliphatic heterocycles. The van der Waals surface area contributed by atoms with Crippen molar-refractivity contribution in [3.05, 3.63) is 53.6 Å². The largest absolute Gasteiger partial charge is 0.369 e. The molecule has 7 heteroatoms. The molecule has 1 aromatic heterocycles. The van der Waals surface area contributed by atoms with E-state index in [-0.39, 0.29) is 6.54 Å². The van der Waals surface area contributed by atoms with Gasteiger partial charge in [0.05, 0.1) is 29.1 Å². The second kappa shape index (κ2) is 6.35. The third-order valence-electron chi connectivity index (χ3n) is 3.87. The van der Waals surface area contributed by atoms with Gasteiger partial charge in [-0.3, -0.25) is 9.97 Å². The molecule has 3 rings (SSSR count). The number of sulfonamides is 1. The van der Waals surface area contributed by atoms with Crippen molar-refractivity contribution in [2.45, 2.75) is 24.8 Å². The second-order valence-electron chi connectivity index (χ2n) is 5.57. The average Bonchev–Trinajstić information content (AvgIpc) is 2.56. The zero-order valence-electron chi connectivity index (χ0n) is 13.1. The molecule has 1 atom stereocenters. The van der Waals surface area contributed by atoms with Crippen LogP contribution < -0.4 is 0 Å². The zero-order chi connectivity index (χ0) is 16.4. The molecule has 0 unspecified atom stereocenters. The molecule has 2 heterocycles. The van der Waals surface area contributed by atoms with E-state index in [0.717, 1.165) is 11.3 Å². The molecule has 1 aromatic carbocycles. The maximum Gasteiger partial charge on any atom is 0.243 e. The van der Waals surface area contributed by atoms with Gasteiger partial charge in [-0.2, -0.15) is 4.31 Å². The lowest BCUT2D eigenvalue weighted by Crippen LogP contribution is -2.42. The summed E-state index contributed by atoms with van der Waals surface area (Å²) < 4.78 is 32.9. The van der Waals surface area contributed by atoms with Gasteiger partial charge in [0.1, 0.15) is 6.10 Å². The molecule has 23 heavy (non-hydrogen) atoms. The molecule has 122 valence electrons. The molecule has 0 bridgehead atoms. The van der Waals surface area contributed by atoms with Gasteiger partial charge in [0.2, 0.25) is 10.0 Å². The van der Waals surface area contributed by atoms with E-state index in [1.165, 1.54) is 4.31 Å². The molecule has 2 aromatic rings. The maximum absolute atomic E-state index is 12.9. The van der Waals surface area contributed by atoms with Crippen LogP contribution >= 0.6 is 0 Å². The van der Waals surface area contributed by atoms with Crippen molar-refractivity contribution in [3.8, 4) is 0 Å². The number of aryl methyl sites for hydroxylation is 2. The van der Waals surface area contributed by atoms with Crippen LogP contribution in [0.3, 0.4) is 0 Å². The fraction of sp³-hybridized carbons (Fsp3) is 0.375. The fourth-order valence-corrected chi connectivity index (χ4v) is 4.23. The van der Waals surface area contributed by atoms with Gasteiger partial charge in [-0.05, 0) is 25.5 Å². The Morgan fingerprint density at radius 1 is 1.17 bits per heavy atom. The van der Waals surface area contributed by atoms with Crippen molar-refractivity contribution in [3.63, 3.8) is 0 Å². The van der Waals surface area contributed by atoms with Crippen molar-refractivity contribution in [1.29, 1.82) is 0 Å². The number of nitrogens with zero attached hydrogens (tertiary/aromatic N) is 3. The van der Waals surface area contributed by atoms with E-state index in [9.17, 15) is 8.42 Å². The number of hydrogen-bond donors (Lipinski definition) is 0. The minimum Gasteiger partial charge on any atom is -0.369 e. The Labute approximate surface area is 136 Å². The summed E-state index contributed by atoms with van der Waals surface area (Å²) in [5.41, 5.74) is 2.21. The summed E-state index contributed by atoms with van der Waals surface area (Å²) in [7, 11) is -3.54. The van der Waals surface area contributed by atoms with E-state index in [1.807, 2.05) is 13.0 Å². The first-order chi connectivity index (χ1) is 11.0. The van der Waals surface area contributed by atoms with Crippen molar-refractivity contribution >= 4 is 10.0 Å². The summed E-state index contributed by atoms with van der Waals surface area (Å²) in [6, 6.07) is 7.01. The van der Waals surface area contributed by atoms with Crippen LogP contribution in [-0.2, 0) is 14.8 Å². The van der Waals surface area contributed by atoms with Gasteiger partial charge in [-0.1, -0.05) is 18.2 Å². The predicted octanol–water partition coefficient (Wildman–Crippen LogP) is 1.86. The number of benzene rings is 1. The van der Waals surface area contributed by atoms with Gasteiger partial charge >= 0.3 is 0 Å². The Morgan fingerprint density at radius 3 is 2.65 bits per heavy atom. The number of rotatable bonds is 3. The molecular formula is C16H19N3O3S.